The van der Waals surface area contributed by atoms with E-state index in [1.807, 2.05) is 32.0 Å². The molecule has 20 heavy (non-hydrogen) atoms. The van der Waals surface area contributed by atoms with Crippen LogP contribution >= 0.6 is 11.6 Å². The van der Waals surface area contributed by atoms with Crippen molar-refractivity contribution in [3.05, 3.63) is 40.9 Å². The number of aryl methyl sites for hydroxylation is 1. The predicted molar refractivity (Wildman–Crippen MR) is 78.8 cm³/mol. The van der Waals surface area contributed by atoms with Gasteiger partial charge in [0.05, 0.1) is 0 Å². The minimum absolute atomic E-state index is 0.0246. The lowest BCUT2D eigenvalue weighted by Crippen LogP contribution is -2.18. The summed E-state index contributed by atoms with van der Waals surface area (Å²) >= 11 is 6.22. The largest absolute Gasteiger partial charge is 0.485 e. The second-order valence-electron chi connectivity index (χ2n) is 4.68. The van der Waals surface area contributed by atoms with Crippen molar-refractivity contribution >= 4 is 11.6 Å². The normalized spacial score (nSPS) is 12.4. The third-order valence-corrected chi connectivity index (χ3v) is 3.31. The van der Waals surface area contributed by atoms with Gasteiger partial charge in [-0.1, -0.05) is 17.7 Å². The molecule has 0 radical (unpaired) electrons. The average Bonchev–Trinajstić information content (AvgIpc) is 2.86. The lowest BCUT2D eigenvalue weighted by atomic mass is 10.1. The summed E-state index contributed by atoms with van der Waals surface area (Å²) in [6.45, 7) is 5.08. The fraction of sp³-hybridized carbons (Fsp3) is 0.429. The Morgan fingerprint density at radius 1 is 1.45 bits per heavy atom. The Morgan fingerprint density at radius 2 is 2.25 bits per heavy atom. The standard InChI is InChI=1S/C14H19ClN4O/c1-3-19-14(17-9-18-19)8-20-13-6-4-5-12(15)11(13)7-10(2)16/h4-6,9-10H,3,7-8,16H2,1-2H3. The van der Waals surface area contributed by atoms with E-state index in [1.165, 1.54) is 6.33 Å². The first kappa shape index (κ1) is 14.8. The number of benzene rings is 1. The Labute approximate surface area is 123 Å². The molecule has 1 heterocycles. The van der Waals surface area contributed by atoms with Crippen LogP contribution in [-0.2, 0) is 19.6 Å². The first-order valence-electron chi connectivity index (χ1n) is 6.64. The van der Waals surface area contributed by atoms with E-state index in [4.69, 9.17) is 22.1 Å². The van der Waals surface area contributed by atoms with Crippen molar-refractivity contribution in [2.75, 3.05) is 0 Å². The minimum Gasteiger partial charge on any atom is -0.485 e. The molecule has 2 rings (SSSR count). The number of hydrogen-bond donors (Lipinski definition) is 1. The van der Waals surface area contributed by atoms with Gasteiger partial charge in [-0.3, -0.25) is 0 Å². The highest BCUT2D eigenvalue weighted by molar-refractivity contribution is 6.31. The minimum atomic E-state index is 0.0246. The van der Waals surface area contributed by atoms with Crippen LogP contribution in [0.2, 0.25) is 5.02 Å². The van der Waals surface area contributed by atoms with E-state index >= 15 is 0 Å². The maximum absolute atomic E-state index is 6.22. The van der Waals surface area contributed by atoms with E-state index in [2.05, 4.69) is 10.1 Å². The highest BCUT2D eigenvalue weighted by Gasteiger charge is 2.11. The van der Waals surface area contributed by atoms with Crippen LogP contribution in [0.15, 0.2) is 24.5 Å². The highest BCUT2D eigenvalue weighted by atomic mass is 35.5. The first-order valence-corrected chi connectivity index (χ1v) is 7.02. The molecule has 1 atom stereocenters. The molecule has 6 heteroatoms. The number of nitrogens with zero attached hydrogens (tertiary/aromatic N) is 3. The van der Waals surface area contributed by atoms with Gasteiger partial charge in [-0.25, -0.2) is 9.67 Å². The Balaban J connectivity index is 2.15. The Morgan fingerprint density at radius 3 is 2.95 bits per heavy atom. The molecule has 0 amide bonds. The zero-order valence-corrected chi connectivity index (χ0v) is 12.5. The summed E-state index contributed by atoms with van der Waals surface area (Å²) in [7, 11) is 0. The van der Waals surface area contributed by atoms with Crippen molar-refractivity contribution in [2.45, 2.75) is 39.5 Å². The fourth-order valence-corrected chi connectivity index (χ4v) is 2.24. The number of halogens is 1. The molecule has 0 saturated carbocycles. The van der Waals surface area contributed by atoms with Gasteiger partial charge in [0.1, 0.15) is 18.7 Å². The molecule has 0 bridgehead atoms. The van der Waals surface area contributed by atoms with Crippen LogP contribution in [0.25, 0.3) is 0 Å². The van der Waals surface area contributed by atoms with E-state index in [-0.39, 0.29) is 6.04 Å². The van der Waals surface area contributed by atoms with Crippen LogP contribution in [0.4, 0.5) is 0 Å². The molecule has 5 nitrogen and oxygen atoms in total. The van der Waals surface area contributed by atoms with E-state index < -0.39 is 0 Å². The monoisotopic (exact) mass is 294 g/mol. The lowest BCUT2D eigenvalue weighted by Gasteiger charge is -2.14. The molecule has 0 aliphatic carbocycles. The maximum atomic E-state index is 6.22. The van der Waals surface area contributed by atoms with Gasteiger partial charge in [-0.15, -0.1) is 0 Å². The third kappa shape index (κ3) is 3.49. The summed E-state index contributed by atoms with van der Waals surface area (Å²) in [6.07, 6.45) is 2.21. The van der Waals surface area contributed by atoms with E-state index in [0.717, 1.165) is 23.7 Å². The smallest absolute Gasteiger partial charge is 0.164 e. The summed E-state index contributed by atoms with van der Waals surface area (Å²) in [4.78, 5) is 4.18. The van der Waals surface area contributed by atoms with Crippen LogP contribution in [0.5, 0.6) is 5.75 Å². The third-order valence-electron chi connectivity index (χ3n) is 2.95. The molecular weight excluding hydrogens is 276 g/mol. The molecule has 1 unspecified atom stereocenters. The van der Waals surface area contributed by atoms with E-state index in [1.54, 1.807) is 4.68 Å². The van der Waals surface area contributed by atoms with Crippen molar-refractivity contribution in [1.29, 1.82) is 0 Å². The number of aromatic nitrogens is 3. The van der Waals surface area contributed by atoms with Crippen molar-refractivity contribution in [3.63, 3.8) is 0 Å². The van der Waals surface area contributed by atoms with Gasteiger partial charge < -0.3 is 10.5 Å². The molecule has 1 aromatic carbocycles. The molecule has 0 fully saturated rings. The number of ether oxygens (including phenoxy) is 1. The van der Waals surface area contributed by atoms with Gasteiger partial charge in [-0.05, 0) is 32.4 Å². The first-order chi connectivity index (χ1) is 9.61. The molecular formula is C14H19ClN4O. The molecule has 0 aliphatic rings. The highest BCUT2D eigenvalue weighted by Crippen LogP contribution is 2.28. The summed E-state index contributed by atoms with van der Waals surface area (Å²) in [6, 6.07) is 5.64. The number of nitrogens with two attached hydrogens (primary N) is 1. The van der Waals surface area contributed by atoms with Crippen LogP contribution in [0, 0.1) is 0 Å². The van der Waals surface area contributed by atoms with Gasteiger partial charge in [0.25, 0.3) is 0 Å². The second-order valence-corrected chi connectivity index (χ2v) is 5.09. The summed E-state index contributed by atoms with van der Waals surface area (Å²) in [5.41, 5.74) is 6.79. The molecule has 108 valence electrons. The molecule has 0 saturated heterocycles. The van der Waals surface area contributed by atoms with Crippen LogP contribution < -0.4 is 10.5 Å². The van der Waals surface area contributed by atoms with E-state index in [9.17, 15) is 0 Å². The molecule has 0 spiro atoms. The molecule has 1 aromatic heterocycles. The summed E-state index contributed by atoms with van der Waals surface area (Å²) in [5.74, 6) is 1.54. The maximum Gasteiger partial charge on any atom is 0.164 e. The van der Waals surface area contributed by atoms with E-state index in [0.29, 0.717) is 18.1 Å². The van der Waals surface area contributed by atoms with Gasteiger partial charge in [0.2, 0.25) is 0 Å². The van der Waals surface area contributed by atoms with Crippen LogP contribution in [0.3, 0.4) is 0 Å². The topological polar surface area (TPSA) is 66.0 Å². The average molecular weight is 295 g/mol. The zero-order chi connectivity index (χ0) is 14.5. The Bertz CT molecular complexity index is 568. The molecule has 0 aliphatic heterocycles. The fourth-order valence-electron chi connectivity index (χ4n) is 2.00. The Hall–Kier alpha value is -1.59. The summed E-state index contributed by atoms with van der Waals surface area (Å²) in [5, 5.41) is 4.79. The second kappa shape index (κ2) is 6.72. The number of hydrogen-bond acceptors (Lipinski definition) is 4. The quantitative estimate of drug-likeness (QED) is 0.888. The van der Waals surface area contributed by atoms with Crippen LogP contribution in [0.1, 0.15) is 25.2 Å². The van der Waals surface area contributed by atoms with Crippen molar-refractivity contribution in [2.24, 2.45) is 5.73 Å². The SMILES string of the molecule is CCn1ncnc1COc1cccc(Cl)c1CC(C)N. The van der Waals surface area contributed by atoms with Crippen LogP contribution in [-0.4, -0.2) is 20.8 Å². The molecule has 2 N–H and O–H groups in total. The van der Waals surface area contributed by atoms with Crippen molar-refractivity contribution in [1.82, 2.24) is 14.8 Å². The predicted octanol–water partition coefficient (Wildman–Crippen LogP) is 2.42. The van der Waals surface area contributed by atoms with Gasteiger partial charge in [-0.2, -0.15) is 5.10 Å². The molecule has 2 aromatic rings. The number of rotatable bonds is 6. The van der Waals surface area contributed by atoms with Gasteiger partial charge >= 0.3 is 0 Å². The van der Waals surface area contributed by atoms with Crippen molar-refractivity contribution < 1.29 is 4.74 Å². The Kier molecular flexibility index (Phi) is 4.98. The zero-order valence-electron chi connectivity index (χ0n) is 11.7. The van der Waals surface area contributed by atoms with Gasteiger partial charge in [0.15, 0.2) is 5.82 Å². The summed E-state index contributed by atoms with van der Waals surface area (Å²) < 4.78 is 7.64. The van der Waals surface area contributed by atoms with Crippen molar-refractivity contribution in [3.8, 4) is 5.75 Å². The lowest BCUT2D eigenvalue weighted by molar-refractivity contribution is 0.284. The van der Waals surface area contributed by atoms with Gasteiger partial charge in [0, 0.05) is 23.2 Å².